The molecule has 0 aliphatic heterocycles. The molecule has 1 amide bonds. The maximum atomic E-state index is 11.0. The number of amides is 1. The fraction of sp³-hybridized carbons (Fsp3) is 0.500. The van der Waals surface area contributed by atoms with Crippen LogP contribution in [0, 0.1) is 18.3 Å². The minimum atomic E-state index is -0.574. The number of halogens is 1. The van der Waals surface area contributed by atoms with Crippen LogP contribution in [0.5, 0.6) is 0 Å². The van der Waals surface area contributed by atoms with Gasteiger partial charge in [0.15, 0.2) is 6.39 Å². The van der Waals surface area contributed by atoms with Crippen LogP contribution in [-0.4, -0.2) is 89.7 Å². The predicted octanol–water partition coefficient (Wildman–Crippen LogP) is 2.71. The smallest absolute Gasteiger partial charge is 1.00 e. The van der Waals surface area contributed by atoms with Crippen molar-refractivity contribution in [2.75, 3.05) is 0 Å². The Kier molecular flexibility index (Phi) is 33.6. The second kappa shape index (κ2) is 31.8. The Bertz CT molecular complexity index is 1310. The van der Waals surface area contributed by atoms with E-state index in [1.807, 2.05) is 48.0 Å². The van der Waals surface area contributed by atoms with Crippen LogP contribution in [0.25, 0.3) is 0 Å². The standard InChI is InChI=1S/C8H15NO3.C7H11NO2.C7H9NO2.C6H8N2O2.C3H3NO.C3H7.ClH.Mg/c1-6(5-10)9-7(11)12-8(2,3)4;2*1-5(2)6(9)7-8-3-4-10-7;1-4(7)5(9)6-8-2-3-10-6;1-2-5-3-4-1;1-3-2;;/h5-6H,1-4H3,(H,9,11);3-6,9H,1-2H3;3-5H,1-2H3;2-4H,7H2,1H3;1-3H;3H,1-2H3;1H;/q;;;;;-1;;+2/p-1/t6-;;;4-;;;;/m0..0..../s1. The Labute approximate surface area is 328 Å². The van der Waals surface area contributed by atoms with E-state index in [0.29, 0.717) is 12.2 Å². The predicted molar refractivity (Wildman–Crippen MR) is 189 cm³/mol. The zero-order valence-electron chi connectivity index (χ0n) is 31.8. The number of alkyl carbamates (subject to hydrolysis) is 1. The molecule has 18 heteroatoms. The Morgan fingerprint density at radius 2 is 1.35 bits per heavy atom. The first-order valence-electron chi connectivity index (χ1n) is 15.6. The van der Waals surface area contributed by atoms with E-state index >= 15 is 0 Å². The van der Waals surface area contributed by atoms with E-state index in [4.69, 9.17) is 23.7 Å². The molecule has 4 aromatic rings. The Balaban J connectivity index is -0.000000273. The van der Waals surface area contributed by atoms with Gasteiger partial charge in [-0.2, -0.15) is 13.8 Å². The summed E-state index contributed by atoms with van der Waals surface area (Å²) < 4.78 is 23.8. The molecule has 0 fully saturated rings. The number of hydrogen-bond acceptors (Lipinski definition) is 15. The molecular weight excluding hydrogens is 712 g/mol. The SMILES string of the molecule is CC(C)C(=O)c1ncco1.CC(C)C(O)c1ncco1.C[C@@H](C=O)NC(=O)OC(C)(C)C.C[C@H](N)C(=O)c1ncco1.C[CH-]C.[Cl-].[Mg+2].c1cocn1. The molecule has 0 bridgehead atoms. The Hall–Kier alpha value is -3.90. The molecule has 0 radical (unpaired) electrons. The number of ketones is 2. The molecule has 4 N–H and O–H groups in total. The molecule has 1 unspecified atom stereocenters. The van der Waals surface area contributed by atoms with Gasteiger partial charge in [-0.25, -0.2) is 24.7 Å². The van der Waals surface area contributed by atoms with E-state index in [1.165, 1.54) is 50.0 Å². The van der Waals surface area contributed by atoms with Crippen LogP contribution >= 0.6 is 0 Å². The van der Waals surface area contributed by atoms with Crippen LogP contribution in [0.15, 0.2) is 73.9 Å². The van der Waals surface area contributed by atoms with Crippen molar-refractivity contribution in [2.45, 2.75) is 99.9 Å². The molecule has 4 aromatic heterocycles. The number of aliphatic hydroxyl groups excluding tert-OH is 1. The third-order valence-electron chi connectivity index (χ3n) is 4.86. The maximum absolute atomic E-state index is 11.0. The fourth-order valence-corrected chi connectivity index (χ4v) is 2.50. The zero-order valence-corrected chi connectivity index (χ0v) is 34.0. The van der Waals surface area contributed by atoms with Gasteiger partial charge < -0.3 is 62.2 Å². The second-order valence-corrected chi connectivity index (χ2v) is 11.7. The van der Waals surface area contributed by atoms with E-state index < -0.39 is 29.9 Å². The summed E-state index contributed by atoms with van der Waals surface area (Å²) in [4.78, 5) is 57.8. The number of hydrogen-bond donors (Lipinski definition) is 3. The van der Waals surface area contributed by atoms with Crippen LogP contribution in [0.1, 0.15) is 110 Å². The van der Waals surface area contributed by atoms with Gasteiger partial charge in [-0.15, -0.1) is 0 Å². The number of nitrogens with zero attached hydrogens (tertiary/aromatic N) is 4. The number of ether oxygens (including phenoxy) is 1. The van der Waals surface area contributed by atoms with Crippen LogP contribution in [0.3, 0.4) is 0 Å². The first kappa shape index (κ1) is 54.9. The number of nitrogens with one attached hydrogen (secondary N) is 1. The van der Waals surface area contributed by atoms with Crippen molar-refractivity contribution in [3.8, 4) is 0 Å². The number of aromatic nitrogens is 4. The summed E-state index contributed by atoms with van der Waals surface area (Å²) in [5.74, 6) is 0.465. The third kappa shape index (κ3) is 28.8. The zero-order chi connectivity index (χ0) is 38.7. The number of rotatable bonds is 8. The van der Waals surface area contributed by atoms with Crippen molar-refractivity contribution in [3.63, 3.8) is 0 Å². The number of aliphatic hydroxyl groups is 1. The molecule has 288 valence electrons. The topological polar surface area (TPSA) is 240 Å². The van der Waals surface area contributed by atoms with E-state index in [1.54, 1.807) is 40.8 Å². The van der Waals surface area contributed by atoms with Gasteiger partial charge in [0.2, 0.25) is 17.5 Å². The van der Waals surface area contributed by atoms with Crippen molar-refractivity contribution >= 4 is 47.0 Å². The van der Waals surface area contributed by atoms with Crippen LogP contribution < -0.4 is 23.5 Å². The van der Waals surface area contributed by atoms with Crippen molar-refractivity contribution in [2.24, 2.45) is 17.6 Å². The molecule has 3 atom stereocenters. The van der Waals surface area contributed by atoms with Gasteiger partial charge in [0.05, 0.1) is 36.9 Å². The average molecular weight is 766 g/mol. The molecule has 4 heterocycles. The molecular formula is C34H53ClMgN6O10. The van der Waals surface area contributed by atoms with Gasteiger partial charge >= 0.3 is 29.1 Å². The molecule has 0 aromatic carbocycles. The minimum absolute atomic E-state index is 0. The van der Waals surface area contributed by atoms with Crippen molar-refractivity contribution in [1.29, 1.82) is 0 Å². The van der Waals surface area contributed by atoms with Crippen molar-refractivity contribution in [3.05, 3.63) is 80.3 Å². The van der Waals surface area contributed by atoms with Gasteiger partial charge in [0.25, 0.3) is 11.8 Å². The van der Waals surface area contributed by atoms with Crippen molar-refractivity contribution in [1.82, 2.24) is 25.3 Å². The molecule has 0 spiro atoms. The number of aldehydes is 1. The molecule has 0 aliphatic carbocycles. The molecule has 0 aliphatic rings. The van der Waals surface area contributed by atoms with Crippen LogP contribution in [0.2, 0.25) is 0 Å². The molecule has 16 nitrogen and oxygen atoms in total. The van der Waals surface area contributed by atoms with E-state index in [9.17, 15) is 24.3 Å². The maximum Gasteiger partial charge on any atom is 2.00 e. The minimum Gasteiger partial charge on any atom is -1.00 e. The van der Waals surface area contributed by atoms with Crippen LogP contribution in [0.4, 0.5) is 4.79 Å². The normalized spacial score (nSPS) is 11.4. The van der Waals surface area contributed by atoms with E-state index in [0.717, 1.165) is 0 Å². The average Bonchev–Trinajstić information content (AvgIpc) is 3.89. The first-order chi connectivity index (χ1) is 23.4. The van der Waals surface area contributed by atoms with Gasteiger partial charge in [-0.3, -0.25) is 9.59 Å². The number of oxazole rings is 4. The number of nitrogens with two attached hydrogens (primary N) is 1. The van der Waals surface area contributed by atoms with Crippen molar-refractivity contribution < 1.29 is 59.1 Å². The second-order valence-electron chi connectivity index (χ2n) is 11.7. The molecule has 52 heavy (non-hydrogen) atoms. The number of carbonyl (C=O) groups is 4. The molecule has 0 saturated heterocycles. The number of Topliss-reactive ketones (excluding diaryl/α,β-unsaturated/α-hetero) is 2. The van der Waals surface area contributed by atoms with Gasteiger partial charge in [-0.05, 0) is 40.5 Å². The Morgan fingerprint density at radius 3 is 1.63 bits per heavy atom. The largest absolute Gasteiger partial charge is 2.00 e. The fourth-order valence-electron chi connectivity index (χ4n) is 2.50. The summed E-state index contributed by atoms with van der Waals surface area (Å²) in [6.07, 6.45) is 14.6. The molecule has 0 saturated carbocycles. The van der Waals surface area contributed by atoms with E-state index in [2.05, 4.69) is 29.7 Å². The van der Waals surface area contributed by atoms with E-state index in [-0.39, 0.29) is 70.6 Å². The summed E-state index contributed by atoms with van der Waals surface area (Å²) in [6, 6.07) is -1.04. The monoisotopic (exact) mass is 764 g/mol. The first-order valence-corrected chi connectivity index (χ1v) is 15.6. The summed E-state index contributed by atoms with van der Waals surface area (Å²) in [5, 5.41) is 11.7. The third-order valence-corrected chi connectivity index (χ3v) is 4.86. The van der Waals surface area contributed by atoms with Gasteiger partial charge in [0, 0.05) is 5.92 Å². The van der Waals surface area contributed by atoms with Gasteiger partial charge in [0.1, 0.15) is 43.0 Å². The number of carbonyl (C=O) groups excluding carboxylic acids is 4. The Morgan fingerprint density at radius 1 is 0.865 bits per heavy atom. The quantitative estimate of drug-likeness (QED) is 0.101. The molecule has 4 rings (SSSR count). The summed E-state index contributed by atoms with van der Waals surface area (Å²) in [7, 11) is 0. The van der Waals surface area contributed by atoms with Gasteiger partial charge in [-0.1, -0.05) is 27.7 Å². The summed E-state index contributed by atoms with van der Waals surface area (Å²) in [6.45, 7) is 19.9. The summed E-state index contributed by atoms with van der Waals surface area (Å²) in [5.41, 5.74) is 4.76. The summed E-state index contributed by atoms with van der Waals surface area (Å²) >= 11 is 0. The van der Waals surface area contributed by atoms with Crippen LogP contribution in [-0.2, 0) is 9.53 Å².